The third kappa shape index (κ3) is 4.36. The van der Waals surface area contributed by atoms with E-state index in [0.29, 0.717) is 24.0 Å². The first-order valence-corrected chi connectivity index (χ1v) is 8.77. The van der Waals surface area contributed by atoms with Gasteiger partial charge in [-0.05, 0) is 48.3 Å². The van der Waals surface area contributed by atoms with E-state index in [4.69, 9.17) is 0 Å². The summed E-state index contributed by atoms with van der Waals surface area (Å²) in [5.41, 5.74) is 2.04. The predicted octanol–water partition coefficient (Wildman–Crippen LogP) is 2.03. The van der Waals surface area contributed by atoms with Gasteiger partial charge in [-0.3, -0.25) is 9.67 Å². The van der Waals surface area contributed by atoms with Gasteiger partial charge in [0.1, 0.15) is 4.90 Å². The zero-order valence-electron chi connectivity index (χ0n) is 11.9. The SMILES string of the molecule is Cc1cc(C)n(CCCNS(=O)(=O)c2cncc(Br)c2)n1. The van der Waals surface area contributed by atoms with Gasteiger partial charge in [0, 0.05) is 35.6 Å². The Bertz CT molecular complexity index is 728. The second-order valence-corrected chi connectivity index (χ2v) is 7.42. The van der Waals surface area contributed by atoms with E-state index in [1.807, 2.05) is 24.6 Å². The monoisotopic (exact) mass is 372 g/mol. The van der Waals surface area contributed by atoms with E-state index in [1.54, 1.807) is 6.20 Å². The average molecular weight is 373 g/mol. The molecule has 6 nitrogen and oxygen atoms in total. The highest BCUT2D eigenvalue weighted by Gasteiger charge is 2.14. The molecule has 0 atom stereocenters. The summed E-state index contributed by atoms with van der Waals surface area (Å²) in [5, 5.41) is 4.34. The summed E-state index contributed by atoms with van der Waals surface area (Å²) in [5.74, 6) is 0. The molecule has 2 rings (SSSR count). The van der Waals surface area contributed by atoms with Gasteiger partial charge in [-0.15, -0.1) is 0 Å². The Labute approximate surface area is 132 Å². The molecule has 0 saturated carbocycles. The molecule has 0 fully saturated rings. The molecule has 0 saturated heterocycles. The van der Waals surface area contributed by atoms with Crippen molar-refractivity contribution in [2.24, 2.45) is 0 Å². The van der Waals surface area contributed by atoms with Crippen LogP contribution in [0.2, 0.25) is 0 Å². The number of halogens is 1. The Morgan fingerprint density at radius 1 is 1.29 bits per heavy atom. The van der Waals surface area contributed by atoms with Crippen LogP contribution in [0.3, 0.4) is 0 Å². The van der Waals surface area contributed by atoms with Crippen molar-refractivity contribution < 1.29 is 8.42 Å². The summed E-state index contributed by atoms with van der Waals surface area (Å²) in [6.45, 7) is 4.95. The predicted molar refractivity (Wildman–Crippen MR) is 83.4 cm³/mol. The summed E-state index contributed by atoms with van der Waals surface area (Å²) in [6.07, 6.45) is 3.54. The summed E-state index contributed by atoms with van der Waals surface area (Å²) in [7, 11) is -3.51. The average Bonchev–Trinajstić information content (AvgIpc) is 2.73. The van der Waals surface area contributed by atoms with E-state index in [1.165, 1.54) is 12.3 Å². The third-order valence-electron chi connectivity index (χ3n) is 2.93. The molecule has 8 heteroatoms. The summed E-state index contributed by atoms with van der Waals surface area (Å²) in [4.78, 5) is 4.02. The Morgan fingerprint density at radius 3 is 2.67 bits per heavy atom. The second-order valence-electron chi connectivity index (χ2n) is 4.74. The smallest absolute Gasteiger partial charge is 0.242 e. The fourth-order valence-electron chi connectivity index (χ4n) is 1.96. The van der Waals surface area contributed by atoms with E-state index < -0.39 is 10.0 Å². The molecular formula is C13H17BrN4O2S. The number of rotatable bonds is 6. The van der Waals surface area contributed by atoms with E-state index in [2.05, 4.69) is 30.7 Å². The van der Waals surface area contributed by atoms with Crippen LogP contribution in [0.15, 0.2) is 33.9 Å². The fraction of sp³-hybridized carbons (Fsp3) is 0.385. The number of sulfonamides is 1. The quantitative estimate of drug-likeness (QED) is 0.786. The summed E-state index contributed by atoms with van der Waals surface area (Å²) in [6, 6.07) is 3.52. The Balaban J connectivity index is 1.89. The largest absolute Gasteiger partial charge is 0.270 e. The van der Waals surface area contributed by atoms with Gasteiger partial charge < -0.3 is 0 Å². The highest BCUT2D eigenvalue weighted by Crippen LogP contribution is 2.14. The van der Waals surface area contributed by atoms with Gasteiger partial charge in [0.2, 0.25) is 10.0 Å². The lowest BCUT2D eigenvalue weighted by molar-refractivity contribution is 0.544. The lowest BCUT2D eigenvalue weighted by atomic mass is 10.4. The molecule has 0 aliphatic rings. The minimum Gasteiger partial charge on any atom is -0.270 e. The van der Waals surface area contributed by atoms with Crippen molar-refractivity contribution in [3.05, 3.63) is 40.4 Å². The maximum absolute atomic E-state index is 12.1. The molecule has 0 aliphatic heterocycles. The first kappa shape index (κ1) is 16.1. The minimum atomic E-state index is -3.51. The van der Waals surface area contributed by atoms with Gasteiger partial charge in [0.05, 0.1) is 5.69 Å². The molecule has 0 unspecified atom stereocenters. The number of aromatic nitrogens is 3. The van der Waals surface area contributed by atoms with Crippen LogP contribution in [-0.2, 0) is 16.6 Å². The first-order chi connectivity index (χ1) is 9.88. The molecule has 0 aliphatic carbocycles. The van der Waals surface area contributed by atoms with Gasteiger partial charge in [0.15, 0.2) is 0 Å². The molecule has 1 N–H and O–H groups in total. The molecular weight excluding hydrogens is 356 g/mol. The molecule has 0 bridgehead atoms. The summed E-state index contributed by atoms with van der Waals surface area (Å²) < 4.78 is 29.2. The molecule has 0 amide bonds. The highest BCUT2D eigenvalue weighted by atomic mass is 79.9. The molecule has 2 aromatic heterocycles. The van der Waals surface area contributed by atoms with Crippen molar-refractivity contribution in [2.75, 3.05) is 6.54 Å². The number of aryl methyl sites for hydroxylation is 3. The van der Waals surface area contributed by atoms with Crippen molar-refractivity contribution in [1.29, 1.82) is 0 Å². The molecule has 114 valence electrons. The Kier molecular flexibility index (Phi) is 5.13. The minimum absolute atomic E-state index is 0.156. The van der Waals surface area contributed by atoms with Crippen LogP contribution in [0.4, 0.5) is 0 Å². The molecule has 0 radical (unpaired) electrons. The van der Waals surface area contributed by atoms with Crippen molar-refractivity contribution in [3.8, 4) is 0 Å². The zero-order valence-corrected chi connectivity index (χ0v) is 14.3. The topological polar surface area (TPSA) is 76.9 Å². The van der Waals surface area contributed by atoms with Gasteiger partial charge in [-0.1, -0.05) is 0 Å². The molecule has 2 aromatic rings. The van der Waals surface area contributed by atoms with E-state index in [0.717, 1.165) is 11.4 Å². The Hall–Kier alpha value is -1.25. The van der Waals surface area contributed by atoms with Gasteiger partial charge in [-0.2, -0.15) is 5.10 Å². The maximum atomic E-state index is 12.1. The van der Waals surface area contributed by atoms with Crippen molar-refractivity contribution >= 4 is 26.0 Å². The number of nitrogens with one attached hydrogen (secondary N) is 1. The zero-order chi connectivity index (χ0) is 15.5. The lowest BCUT2D eigenvalue weighted by Crippen LogP contribution is -2.26. The van der Waals surface area contributed by atoms with Gasteiger partial charge >= 0.3 is 0 Å². The molecule has 21 heavy (non-hydrogen) atoms. The third-order valence-corrected chi connectivity index (χ3v) is 4.79. The fourth-order valence-corrected chi connectivity index (χ4v) is 3.54. The van der Waals surface area contributed by atoms with Crippen LogP contribution in [0, 0.1) is 13.8 Å². The first-order valence-electron chi connectivity index (χ1n) is 6.50. The van der Waals surface area contributed by atoms with Gasteiger partial charge in [0.25, 0.3) is 0 Å². The van der Waals surface area contributed by atoms with Crippen LogP contribution in [0.1, 0.15) is 17.8 Å². The molecule has 0 aromatic carbocycles. The van der Waals surface area contributed by atoms with Crippen LogP contribution in [-0.4, -0.2) is 29.7 Å². The Morgan fingerprint density at radius 2 is 2.05 bits per heavy atom. The normalized spacial score (nSPS) is 11.8. The van der Waals surface area contributed by atoms with Crippen LogP contribution < -0.4 is 4.72 Å². The van der Waals surface area contributed by atoms with E-state index >= 15 is 0 Å². The van der Waals surface area contributed by atoms with Crippen LogP contribution in [0.5, 0.6) is 0 Å². The number of hydrogen-bond donors (Lipinski definition) is 1. The van der Waals surface area contributed by atoms with E-state index in [-0.39, 0.29) is 4.90 Å². The lowest BCUT2D eigenvalue weighted by Gasteiger charge is -2.07. The van der Waals surface area contributed by atoms with Crippen molar-refractivity contribution in [3.63, 3.8) is 0 Å². The highest BCUT2D eigenvalue weighted by molar-refractivity contribution is 9.10. The molecule has 2 heterocycles. The van der Waals surface area contributed by atoms with Crippen LogP contribution in [0.25, 0.3) is 0 Å². The van der Waals surface area contributed by atoms with Gasteiger partial charge in [-0.25, -0.2) is 13.1 Å². The number of nitrogens with zero attached hydrogens (tertiary/aromatic N) is 3. The number of pyridine rings is 1. The second kappa shape index (κ2) is 6.67. The van der Waals surface area contributed by atoms with E-state index in [9.17, 15) is 8.42 Å². The van der Waals surface area contributed by atoms with Crippen molar-refractivity contribution in [2.45, 2.75) is 31.7 Å². The van der Waals surface area contributed by atoms with Crippen molar-refractivity contribution in [1.82, 2.24) is 19.5 Å². The van der Waals surface area contributed by atoms with Crippen LogP contribution >= 0.6 is 15.9 Å². The number of hydrogen-bond acceptors (Lipinski definition) is 4. The molecule has 0 spiro atoms. The standard InChI is InChI=1S/C13H17BrN4O2S/c1-10-6-11(2)18(17-10)5-3-4-16-21(19,20)13-7-12(14)8-15-9-13/h6-9,16H,3-5H2,1-2H3. The summed E-state index contributed by atoms with van der Waals surface area (Å²) >= 11 is 3.21. The maximum Gasteiger partial charge on any atom is 0.242 e.